The number of hydrogen-bond acceptors (Lipinski definition) is 6. The van der Waals surface area contributed by atoms with Crippen LogP contribution in [-0.4, -0.2) is 35.5 Å². The molecule has 0 rings (SSSR count). The van der Waals surface area contributed by atoms with Crippen LogP contribution in [0.2, 0.25) is 0 Å². The Kier molecular flexibility index (Phi) is 7.50. The fourth-order valence-corrected chi connectivity index (χ4v) is 1.43. The van der Waals surface area contributed by atoms with Gasteiger partial charge in [0.15, 0.2) is 0 Å². The number of hydrogen-bond donors (Lipinski definition) is 1. The topological polar surface area (TPSA) is 122 Å². The summed E-state index contributed by atoms with van der Waals surface area (Å²) in [7, 11) is 0. The average molecular weight is 259 g/mol. The maximum Gasteiger partial charge on any atom is 0.304 e. The van der Waals surface area contributed by atoms with Crippen molar-refractivity contribution >= 4 is 11.9 Å². The lowest BCUT2D eigenvalue weighted by Crippen LogP contribution is -2.33. The van der Waals surface area contributed by atoms with E-state index in [1.54, 1.807) is 6.92 Å². The second-order valence-corrected chi connectivity index (χ2v) is 3.63. The monoisotopic (exact) mass is 259 g/mol. The molecule has 0 saturated carbocycles. The van der Waals surface area contributed by atoms with Crippen molar-refractivity contribution in [2.24, 2.45) is 5.11 Å². The Balaban J connectivity index is 4.66. The van der Waals surface area contributed by atoms with E-state index in [1.807, 2.05) is 0 Å². The van der Waals surface area contributed by atoms with Gasteiger partial charge in [0.1, 0.15) is 6.10 Å². The van der Waals surface area contributed by atoms with E-state index in [0.29, 0.717) is 6.42 Å². The summed E-state index contributed by atoms with van der Waals surface area (Å²) in [5.74, 6) is -1.16. The molecule has 102 valence electrons. The van der Waals surface area contributed by atoms with E-state index < -0.39 is 30.4 Å². The normalized spacial score (nSPS) is 14.9. The van der Waals surface area contributed by atoms with Crippen molar-refractivity contribution in [1.29, 1.82) is 0 Å². The third-order valence-electron chi connectivity index (χ3n) is 2.09. The predicted octanol–water partition coefficient (Wildman–Crippen LogP) is 1.28. The van der Waals surface area contributed by atoms with Gasteiger partial charge in [-0.3, -0.25) is 9.59 Å². The summed E-state index contributed by atoms with van der Waals surface area (Å²) >= 11 is 0. The van der Waals surface area contributed by atoms with Crippen LogP contribution in [0.4, 0.5) is 0 Å². The Bertz CT molecular complexity index is 340. The van der Waals surface area contributed by atoms with E-state index in [4.69, 9.17) is 10.3 Å². The number of esters is 2. The van der Waals surface area contributed by atoms with Crippen LogP contribution in [0.5, 0.6) is 0 Å². The number of carbonyl (C=O) groups is 2. The first-order chi connectivity index (χ1) is 8.40. The van der Waals surface area contributed by atoms with Crippen LogP contribution in [0.3, 0.4) is 0 Å². The summed E-state index contributed by atoms with van der Waals surface area (Å²) in [5, 5.41) is 12.9. The van der Waals surface area contributed by atoms with Gasteiger partial charge >= 0.3 is 11.9 Å². The molecule has 0 amide bonds. The lowest BCUT2D eigenvalue weighted by atomic mass is 10.1. The molecule has 18 heavy (non-hydrogen) atoms. The van der Waals surface area contributed by atoms with Crippen LogP contribution in [-0.2, 0) is 19.1 Å². The van der Waals surface area contributed by atoms with Crippen molar-refractivity contribution in [2.75, 3.05) is 0 Å². The van der Waals surface area contributed by atoms with Gasteiger partial charge in [0.05, 0.1) is 6.04 Å². The number of ether oxygens (including phenoxy) is 2. The summed E-state index contributed by atoms with van der Waals surface area (Å²) in [4.78, 5) is 24.1. The Morgan fingerprint density at radius 2 is 1.89 bits per heavy atom. The number of aliphatic hydroxyl groups excluding tert-OH is 1. The van der Waals surface area contributed by atoms with Crippen molar-refractivity contribution < 1.29 is 24.2 Å². The molecular weight excluding hydrogens is 242 g/mol. The maximum atomic E-state index is 10.9. The number of carbonyl (C=O) groups excluding carboxylic acids is 2. The van der Waals surface area contributed by atoms with Crippen LogP contribution in [0, 0.1) is 0 Å². The number of aliphatic hydroxyl groups is 1. The Morgan fingerprint density at radius 1 is 1.33 bits per heavy atom. The fraction of sp³-hybridized carbons (Fsp3) is 0.800. The van der Waals surface area contributed by atoms with Crippen molar-refractivity contribution in [3.63, 3.8) is 0 Å². The summed E-state index contributed by atoms with van der Waals surface area (Å²) in [6.45, 7) is 4.12. The smallest absolute Gasteiger partial charge is 0.304 e. The second kappa shape index (κ2) is 8.32. The molecule has 0 bridgehead atoms. The van der Waals surface area contributed by atoms with Gasteiger partial charge in [0.25, 0.3) is 0 Å². The largest absolute Gasteiger partial charge is 0.462 e. The zero-order valence-electron chi connectivity index (χ0n) is 10.6. The molecule has 0 heterocycles. The van der Waals surface area contributed by atoms with Gasteiger partial charge in [-0.15, -0.1) is 0 Å². The molecule has 0 aliphatic carbocycles. The van der Waals surface area contributed by atoms with Crippen LogP contribution < -0.4 is 0 Å². The minimum absolute atomic E-state index is 0.130. The van der Waals surface area contributed by atoms with Crippen LogP contribution in [0.1, 0.15) is 33.6 Å². The molecule has 0 saturated heterocycles. The molecule has 0 aliphatic rings. The highest BCUT2D eigenvalue weighted by Gasteiger charge is 2.25. The molecule has 0 unspecified atom stereocenters. The first kappa shape index (κ1) is 16.2. The van der Waals surface area contributed by atoms with E-state index in [2.05, 4.69) is 14.8 Å². The lowest BCUT2D eigenvalue weighted by Gasteiger charge is -2.23. The molecule has 8 nitrogen and oxygen atoms in total. The van der Waals surface area contributed by atoms with E-state index in [1.165, 1.54) is 6.92 Å². The predicted molar refractivity (Wildman–Crippen MR) is 61.2 cm³/mol. The molecule has 8 heteroatoms. The molecule has 0 aromatic rings. The number of azide groups is 1. The highest BCUT2D eigenvalue weighted by atomic mass is 16.6. The zero-order chi connectivity index (χ0) is 14.1. The molecule has 1 N–H and O–H groups in total. The van der Waals surface area contributed by atoms with Gasteiger partial charge < -0.3 is 14.6 Å². The molecule has 0 aromatic carbocycles. The Morgan fingerprint density at radius 3 is 2.28 bits per heavy atom. The maximum absolute atomic E-state index is 10.9. The van der Waals surface area contributed by atoms with Crippen LogP contribution >= 0.6 is 0 Å². The molecule has 0 radical (unpaired) electrons. The summed E-state index contributed by atoms with van der Waals surface area (Å²) in [5.41, 5.74) is 8.44. The molecule has 0 spiro atoms. The van der Waals surface area contributed by atoms with Crippen LogP contribution in [0.25, 0.3) is 10.4 Å². The Labute approximate surface area is 105 Å². The standard InChI is InChI=1S/C10H17N3O5/c1-4-9(17-6(2)14)8(12-13-11)5-10(16)18-7(3)15/h8-10,16H,4-5H2,1-3H3/t8-,9-,10+/m0/s1. The first-order valence-electron chi connectivity index (χ1n) is 5.47. The third-order valence-corrected chi connectivity index (χ3v) is 2.09. The van der Waals surface area contributed by atoms with E-state index in [0.717, 1.165) is 6.92 Å². The highest BCUT2D eigenvalue weighted by molar-refractivity contribution is 5.66. The van der Waals surface area contributed by atoms with Crippen molar-refractivity contribution in [2.45, 2.75) is 52.0 Å². The minimum atomic E-state index is -1.40. The lowest BCUT2D eigenvalue weighted by molar-refractivity contribution is -0.169. The Hall–Kier alpha value is -1.79. The summed E-state index contributed by atoms with van der Waals surface area (Å²) in [6, 6.07) is -0.793. The third kappa shape index (κ3) is 6.72. The fourth-order valence-electron chi connectivity index (χ4n) is 1.43. The van der Waals surface area contributed by atoms with Gasteiger partial charge in [-0.25, -0.2) is 0 Å². The SMILES string of the molecule is CC[C@H](OC(C)=O)[C@H](C[C@H](O)OC(C)=O)N=[N+]=[N-]. The van der Waals surface area contributed by atoms with E-state index >= 15 is 0 Å². The van der Waals surface area contributed by atoms with Crippen molar-refractivity contribution in [1.82, 2.24) is 0 Å². The van der Waals surface area contributed by atoms with Crippen LogP contribution in [0.15, 0.2) is 5.11 Å². The molecule has 3 atom stereocenters. The zero-order valence-corrected chi connectivity index (χ0v) is 10.6. The molecule has 0 aliphatic heterocycles. The number of rotatable bonds is 7. The average Bonchev–Trinajstić information content (AvgIpc) is 2.23. The van der Waals surface area contributed by atoms with Crippen molar-refractivity contribution in [3.8, 4) is 0 Å². The van der Waals surface area contributed by atoms with Gasteiger partial charge in [0, 0.05) is 25.2 Å². The first-order valence-corrected chi connectivity index (χ1v) is 5.47. The second-order valence-electron chi connectivity index (χ2n) is 3.63. The molecule has 0 fully saturated rings. The van der Waals surface area contributed by atoms with Gasteiger partial charge in [-0.2, -0.15) is 0 Å². The minimum Gasteiger partial charge on any atom is -0.462 e. The quantitative estimate of drug-likeness (QED) is 0.242. The highest BCUT2D eigenvalue weighted by Crippen LogP contribution is 2.15. The van der Waals surface area contributed by atoms with Gasteiger partial charge in [0.2, 0.25) is 6.29 Å². The summed E-state index contributed by atoms with van der Waals surface area (Å²) in [6.07, 6.45) is -1.78. The van der Waals surface area contributed by atoms with Crippen molar-refractivity contribution in [3.05, 3.63) is 10.4 Å². The van der Waals surface area contributed by atoms with Gasteiger partial charge in [-0.1, -0.05) is 12.0 Å². The summed E-state index contributed by atoms with van der Waals surface area (Å²) < 4.78 is 9.48. The van der Waals surface area contributed by atoms with Gasteiger partial charge in [-0.05, 0) is 12.0 Å². The van der Waals surface area contributed by atoms with E-state index in [9.17, 15) is 14.7 Å². The molecular formula is C10H17N3O5. The van der Waals surface area contributed by atoms with E-state index in [-0.39, 0.29) is 6.42 Å². The molecule has 0 aromatic heterocycles. The number of nitrogens with zero attached hydrogens (tertiary/aromatic N) is 3.